The van der Waals surface area contributed by atoms with E-state index >= 15 is 0 Å². The Bertz CT molecular complexity index is 1060. The van der Waals surface area contributed by atoms with Crippen molar-refractivity contribution in [3.63, 3.8) is 0 Å². The molecule has 0 fully saturated rings. The number of nitriles is 1. The molecule has 162 valence electrons. The summed E-state index contributed by atoms with van der Waals surface area (Å²) in [7, 11) is 0. The number of esters is 1. The number of hydrogen-bond acceptors (Lipinski definition) is 5. The lowest BCUT2D eigenvalue weighted by Crippen LogP contribution is -2.30. The Hall–Kier alpha value is -3.86. The number of nitrogens with one attached hydrogen (secondary N) is 1. The van der Waals surface area contributed by atoms with Crippen LogP contribution < -0.4 is 11.1 Å². The molecule has 2 amide bonds. The van der Waals surface area contributed by atoms with E-state index in [-0.39, 0.29) is 5.57 Å². The van der Waals surface area contributed by atoms with Gasteiger partial charge in [0.15, 0.2) is 6.10 Å². The van der Waals surface area contributed by atoms with E-state index in [9.17, 15) is 19.6 Å². The second kappa shape index (κ2) is 10.3. The minimum atomic E-state index is -1.13. The Morgan fingerprint density at radius 3 is 2.45 bits per heavy atom. The van der Waals surface area contributed by atoms with Crippen molar-refractivity contribution in [2.45, 2.75) is 46.8 Å². The lowest BCUT2D eigenvalue weighted by molar-refractivity contribution is -0.148. The third-order valence-electron chi connectivity index (χ3n) is 4.79. The molecule has 0 aliphatic heterocycles. The van der Waals surface area contributed by atoms with E-state index in [1.807, 2.05) is 26.0 Å². The summed E-state index contributed by atoms with van der Waals surface area (Å²) in [5.74, 6) is -2.03. The molecular formula is C23H26N4O4. The predicted octanol–water partition coefficient (Wildman–Crippen LogP) is 3.09. The van der Waals surface area contributed by atoms with Crippen molar-refractivity contribution in [1.29, 1.82) is 5.26 Å². The van der Waals surface area contributed by atoms with E-state index in [2.05, 4.69) is 16.8 Å². The van der Waals surface area contributed by atoms with E-state index in [0.717, 1.165) is 29.9 Å². The van der Waals surface area contributed by atoms with Gasteiger partial charge in [-0.3, -0.25) is 9.59 Å². The van der Waals surface area contributed by atoms with Gasteiger partial charge in [-0.05, 0) is 69.2 Å². The number of carbonyl (C=O) groups excluding carboxylic acids is 3. The summed E-state index contributed by atoms with van der Waals surface area (Å²) in [6, 6.07) is 9.73. The maximum absolute atomic E-state index is 12.4. The summed E-state index contributed by atoms with van der Waals surface area (Å²) in [6.07, 6.45) is 1.31. The molecule has 8 nitrogen and oxygen atoms in total. The molecule has 1 unspecified atom stereocenters. The van der Waals surface area contributed by atoms with Gasteiger partial charge in [0.2, 0.25) is 5.91 Å². The van der Waals surface area contributed by atoms with E-state index in [0.29, 0.717) is 11.3 Å². The molecule has 31 heavy (non-hydrogen) atoms. The van der Waals surface area contributed by atoms with Gasteiger partial charge < -0.3 is 20.4 Å². The van der Waals surface area contributed by atoms with E-state index in [1.165, 1.54) is 37.3 Å². The first kappa shape index (κ1) is 23.4. The average molecular weight is 422 g/mol. The highest BCUT2D eigenvalue weighted by atomic mass is 16.5. The van der Waals surface area contributed by atoms with E-state index in [4.69, 9.17) is 10.5 Å². The Morgan fingerprint density at radius 1 is 1.26 bits per heavy atom. The number of hydrogen-bond donors (Lipinski definition) is 2. The second-order valence-corrected chi connectivity index (χ2v) is 7.13. The van der Waals surface area contributed by atoms with Gasteiger partial charge >= 0.3 is 5.97 Å². The molecule has 0 saturated carbocycles. The van der Waals surface area contributed by atoms with Gasteiger partial charge in [0, 0.05) is 29.2 Å². The molecule has 8 heteroatoms. The van der Waals surface area contributed by atoms with Crippen LogP contribution in [-0.4, -0.2) is 28.5 Å². The number of aryl methyl sites for hydroxylation is 1. The molecule has 0 saturated heterocycles. The normalized spacial score (nSPS) is 12.0. The minimum Gasteiger partial charge on any atom is -0.448 e. The van der Waals surface area contributed by atoms with Gasteiger partial charge in [0.1, 0.15) is 11.6 Å². The number of benzene rings is 1. The highest BCUT2D eigenvalue weighted by Crippen LogP contribution is 2.19. The minimum absolute atomic E-state index is 0.192. The summed E-state index contributed by atoms with van der Waals surface area (Å²) in [6.45, 7) is 8.22. The number of carbonyl (C=O) groups is 3. The Balaban J connectivity index is 2.08. The molecule has 2 aromatic rings. The summed E-state index contributed by atoms with van der Waals surface area (Å²) in [4.78, 5) is 35.9. The predicted molar refractivity (Wildman–Crippen MR) is 117 cm³/mol. The number of ether oxygens (including phenoxy) is 1. The third kappa shape index (κ3) is 5.82. The number of nitrogens with two attached hydrogens (primary N) is 1. The maximum Gasteiger partial charge on any atom is 0.349 e. The number of nitrogens with zero attached hydrogens (tertiary/aromatic N) is 2. The quantitative estimate of drug-likeness (QED) is 0.384. The fraction of sp³-hybridized carbons (Fsp3) is 0.304. The van der Waals surface area contributed by atoms with E-state index < -0.39 is 23.9 Å². The van der Waals surface area contributed by atoms with Crippen molar-refractivity contribution < 1.29 is 19.1 Å². The number of primary amides is 1. The van der Waals surface area contributed by atoms with Crippen LogP contribution in [0.15, 0.2) is 35.9 Å². The standard InChI is InChI=1S/C23H26N4O4/c1-5-10-27-14(2)11-18(15(27)3)12-19(13-24)23(30)31-16(4)22(29)26-20-8-6-17(7-9-20)21(25)28/h6-9,11-12,16H,5,10H2,1-4H3,(H2,25,28)(H,26,29)/b19-12+. The molecular weight excluding hydrogens is 396 g/mol. The topological polar surface area (TPSA) is 127 Å². The first-order valence-electron chi connectivity index (χ1n) is 9.88. The Labute approximate surface area is 181 Å². The molecule has 0 bridgehead atoms. The Kier molecular flexibility index (Phi) is 7.75. The molecule has 3 N–H and O–H groups in total. The van der Waals surface area contributed by atoms with Crippen LogP contribution in [0.3, 0.4) is 0 Å². The van der Waals surface area contributed by atoms with Gasteiger partial charge in [-0.1, -0.05) is 6.92 Å². The molecule has 0 radical (unpaired) electrons. The van der Waals surface area contributed by atoms with Gasteiger partial charge in [0.05, 0.1) is 0 Å². The lowest BCUT2D eigenvalue weighted by atomic mass is 10.1. The second-order valence-electron chi connectivity index (χ2n) is 7.13. The molecule has 1 heterocycles. The van der Waals surface area contributed by atoms with Crippen LogP contribution in [0.4, 0.5) is 5.69 Å². The van der Waals surface area contributed by atoms with Crippen molar-refractivity contribution in [2.24, 2.45) is 5.73 Å². The first-order valence-corrected chi connectivity index (χ1v) is 9.88. The summed E-state index contributed by atoms with van der Waals surface area (Å²) in [5.41, 5.74) is 8.45. The highest BCUT2D eigenvalue weighted by molar-refractivity contribution is 6.01. The summed E-state index contributed by atoms with van der Waals surface area (Å²) >= 11 is 0. The van der Waals surface area contributed by atoms with Crippen molar-refractivity contribution in [1.82, 2.24) is 4.57 Å². The van der Waals surface area contributed by atoms with Gasteiger partial charge in [0.25, 0.3) is 5.91 Å². The average Bonchev–Trinajstić information content (AvgIpc) is 2.99. The van der Waals surface area contributed by atoms with Crippen LogP contribution in [0.25, 0.3) is 6.08 Å². The van der Waals surface area contributed by atoms with E-state index in [1.54, 1.807) is 0 Å². The van der Waals surface area contributed by atoms with Crippen molar-refractivity contribution in [3.8, 4) is 6.07 Å². The van der Waals surface area contributed by atoms with Crippen molar-refractivity contribution in [2.75, 3.05) is 5.32 Å². The maximum atomic E-state index is 12.4. The molecule has 2 rings (SSSR count). The molecule has 1 atom stereocenters. The van der Waals surface area contributed by atoms with Gasteiger partial charge in [-0.15, -0.1) is 0 Å². The first-order chi connectivity index (χ1) is 14.7. The number of anilines is 1. The largest absolute Gasteiger partial charge is 0.448 e. The summed E-state index contributed by atoms with van der Waals surface area (Å²) < 4.78 is 7.29. The fourth-order valence-corrected chi connectivity index (χ4v) is 3.07. The van der Waals surface area contributed by atoms with Crippen LogP contribution in [-0.2, 0) is 20.9 Å². The van der Waals surface area contributed by atoms with Gasteiger partial charge in [-0.2, -0.15) is 5.26 Å². The van der Waals surface area contributed by atoms with Crippen LogP contribution >= 0.6 is 0 Å². The molecule has 1 aromatic heterocycles. The van der Waals surface area contributed by atoms with Crippen LogP contribution in [0, 0.1) is 25.2 Å². The smallest absolute Gasteiger partial charge is 0.349 e. The zero-order chi connectivity index (χ0) is 23.1. The van der Waals surface area contributed by atoms with Crippen LogP contribution in [0.5, 0.6) is 0 Å². The van der Waals surface area contributed by atoms with Gasteiger partial charge in [-0.25, -0.2) is 4.79 Å². The third-order valence-corrected chi connectivity index (χ3v) is 4.79. The SMILES string of the molecule is CCCn1c(C)cc(/C=C(\C#N)C(=O)OC(C)C(=O)Nc2ccc(C(N)=O)cc2)c1C. The van der Waals surface area contributed by atoms with Crippen molar-refractivity contribution >= 4 is 29.5 Å². The van der Waals surface area contributed by atoms with Crippen LogP contribution in [0.2, 0.25) is 0 Å². The van der Waals surface area contributed by atoms with Crippen LogP contribution in [0.1, 0.15) is 47.6 Å². The number of rotatable bonds is 8. The number of aromatic nitrogens is 1. The molecule has 0 aliphatic carbocycles. The fourth-order valence-electron chi connectivity index (χ4n) is 3.07. The summed E-state index contributed by atoms with van der Waals surface area (Å²) in [5, 5.41) is 12.0. The molecule has 0 aliphatic rings. The molecule has 0 spiro atoms. The monoisotopic (exact) mass is 422 g/mol. The molecule has 1 aromatic carbocycles. The van der Waals surface area contributed by atoms with Crippen molar-refractivity contribution in [3.05, 3.63) is 58.4 Å². The zero-order valence-electron chi connectivity index (χ0n) is 18.1. The Morgan fingerprint density at radius 2 is 1.90 bits per heavy atom. The number of amides is 2. The lowest BCUT2D eigenvalue weighted by Gasteiger charge is -2.13. The highest BCUT2D eigenvalue weighted by Gasteiger charge is 2.21. The zero-order valence-corrected chi connectivity index (χ0v) is 18.1.